The summed E-state index contributed by atoms with van der Waals surface area (Å²) < 4.78 is 15.9. The maximum absolute atomic E-state index is 12.7. The molecule has 1 heterocycles. The number of piperidine rings is 1. The molecular formula is C15H23ClN2O4. The van der Waals surface area contributed by atoms with Gasteiger partial charge in [-0.3, -0.25) is 4.79 Å². The number of nitrogens with two attached hydrogens (primary N) is 1. The minimum Gasteiger partial charge on any atom is -0.493 e. The molecule has 1 aliphatic rings. The summed E-state index contributed by atoms with van der Waals surface area (Å²) in [6, 6.07) is 3.60. The number of rotatable bonds is 4. The summed E-state index contributed by atoms with van der Waals surface area (Å²) in [7, 11) is 4.58. The first-order valence-corrected chi connectivity index (χ1v) is 6.96. The number of hydrogen-bond donors (Lipinski definition) is 1. The molecule has 1 fully saturated rings. The third-order valence-electron chi connectivity index (χ3n) is 3.76. The SMILES string of the molecule is COc1ccc(C(=O)N2CCC(N)CC2)c(OC)c1OC.Cl. The highest BCUT2D eigenvalue weighted by atomic mass is 35.5. The first kappa shape index (κ1) is 18.4. The van der Waals surface area contributed by atoms with E-state index in [1.807, 2.05) is 0 Å². The van der Waals surface area contributed by atoms with Crippen LogP contribution < -0.4 is 19.9 Å². The maximum Gasteiger partial charge on any atom is 0.257 e. The molecular weight excluding hydrogens is 308 g/mol. The minimum absolute atomic E-state index is 0. The zero-order valence-corrected chi connectivity index (χ0v) is 13.9. The molecule has 0 radical (unpaired) electrons. The summed E-state index contributed by atoms with van der Waals surface area (Å²) in [5.41, 5.74) is 6.35. The largest absolute Gasteiger partial charge is 0.493 e. The number of carbonyl (C=O) groups is 1. The number of likely N-dealkylation sites (tertiary alicyclic amines) is 1. The molecule has 0 unspecified atom stereocenters. The topological polar surface area (TPSA) is 74.0 Å². The van der Waals surface area contributed by atoms with Gasteiger partial charge in [0, 0.05) is 19.1 Å². The van der Waals surface area contributed by atoms with Crippen LogP contribution in [0, 0.1) is 0 Å². The second-order valence-electron chi connectivity index (χ2n) is 5.01. The zero-order chi connectivity index (χ0) is 15.4. The average molecular weight is 331 g/mol. The standard InChI is InChI=1S/C15H22N2O4.ClH/c1-19-12-5-4-11(13(20-2)14(12)21-3)15(18)17-8-6-10(16)7-9-17;/h4-5,10H,6-9,16H2,1-3H3;1H. The maximum atomic E-state index is 12.7. The van der Waals surface area contributed by atoms with Crippen LogP contribution in [0.25, 0.3) is 0 Å². The molecule has 2 N–H and O–H groups in total. The van der Waals surface area contributed by atoms with Gasteiger partial charge in [-0.2, -0.15) is 0 Å². The Hall–Kier alpha value is -1.66. The van der Waals surface area contributed by atoms with Crippen LogP contribution in [-0.4, -0.2) is 51.3 Å². The fourth-order valence-corrected chi connectivity index (χ4v) is 2.54. The molecule has 0 spiro atoms. The molecule has 7 heteroatoms. The highest BCUT2D eigenvalue weighted by Gasteiger charge is 2.26. The number of methoxy groups -OCH3 is 3. The van der Waals surface area contributed by atoms with Crippen LogP contribution in [0.4, 0.5) is 0 Å². The summed E-state index contributed by atoms with van der Waals surface area (Å²) in [5.74, 6) is 1.29. The monoisotopic (exact) mass is 330 g/mol. The number of nitrogens with zero attached hydrogens (tertiary/aromatic N) is 1. The van der Waals surface area contributed by atoms with Crippen molar-refractivity contribution in [3.8, 4) is 17.2 Å². The van der Waals surface area contributed by atoms with Crippen LogP contribution in [0.5, 0.6) is 17.2 Å². The van der Waals surface area contributed by atoms with Crippen molar-refractivity contribution in [1.82, 2.24) is 4.90 Å². The van der Waals surface area contributed by atoms with Crippen molar-refractivity contribution in [2.75, 3.05) is 34.4 Å². The van der Waals surface area contributed by atoms with E-state index < -0.39 is 0 Å². The summed E-state index contributed by atoms with van der Waals surface area (Å²) in [5, 5.41) is 0. The molecule has 22 heavy (non-hydrogen) atoms. The van der Waals surface area contributed by atoms with Crippen LogP contribution in [0.2, 0.25) is 0 Å². The molecule has 0 saturated carbocycles. The fourth-order valence-electron chi connectivity index (χ4n) is 2.54. The minimum atomic E-state index is -0.0697. The van der Waals surface area contributed by atoms with Crippen molar-refractivity contribution in [3.05, 3.63) is 17.7 Å². The molecule has 6 nitrogen and oxygen atoms in total. The summed E-state index contributed by atoms with van der Waals surface area (Å²) in [6.45, 7) is 1.33. The van der Waals surface area contributed by atoms with Gasteiger partial charge in [-0.25, -0.2) is 0 Å². The van der Waals surface area contributed by atoms with E-state index in [0.717, 1.165) is 12.8 Å². The van der Waals surface area contributed by atoms with Gasteiger partial charge < -0.3 is 24.8 Å². The van der Waals surface area contributed by atoms with Crippen molar-refractivity contribution >= 4 is 18.3 Å². The van der Waals surface area contributed by atoms with Crippen LogP contribution >= 0.6 is 12.4 Å². The molecule has 0 atom stereocenters. The molecule has 124 valence electrons. The zero-order valence-electron chi connectivity index (χ0n) is 13.1. The van der Waals surface area contributed by atoms with E-state index in [2.05, 4.69) is 0 Å². The molecule has 1 amide bonds. The Bertz CT molecular complexity index is 517. The lowest BCUT2D eigenvalue weighted by atomic mass is 10.0. The van der Waals surface area contributed by atoms with Gasteiger partial charge in [-0.1, -0.05) is 0 Å². The molecule has 1 aromatic carbocycles. The van der Waals surface area contributed by atoms with Gasteiger partial charge in [0.1, 0.15) is 0 Å². The van der Waals surface area contributed by atoms with Crippen molar-refractivity contribution in [1.29, 1.82) is 0 Å². The predicted octanol–water partition coefficient (Wildman–Crippen LogP) is 1.70. The number of amides is 1. The quantitative estimate of drug-likeness (QED) is 0.909. The molecule has 1 aliphatic heterocycles. The Morgan fingerprint density at radius 3 is 2.18 bits per heavy atom. The Morgan fingerprint density at radius 2 is 1.68 bits per heavy atom. The Labute approximate surface area is 136 Å². The van der Waals surface area contributed by atoms with E-state index >= 15 is 0 Å². The number of benzene rings is 1. The van der Waals surface area contributed by atoms with Gasteiger partial charge in [-0.05, 0) is 25.0 Å². The first-order chi connectivity index (χ1) is 10.1. The van der Waals surface area contributed by atoms with Gasteiger partial charge in [0.05, 0.1) is 26.9 Å². The highest BCUT2D eigenvalue weighted by molar-refractivity contribution is 5.98. The summed E-state index contributed by atoms with van der Waals surface area (Å²) in [6.07, 6.45) is 1.64. The Kier molecular flexibility index (Phi) is 6.77. The average Bonchev–Trinajstić information content (AvgIpc) is 2.53. The number of hydrogen-bond acceptors (Lipinski definition) is 5. The fraction of sp³-hybridized carbons (Fsp3) is 0.533. The van der Waals surface area contributed by atoms with Gasteiger partial charge >= 0.3 is 0 Å². The van der Waals surface area contributed by atoms with E-state index in [9.17, 15) is 4.79 Å². The lowest BCUT2D eigenvalue weighted by Crippen LogP contribution is -2.42. The number of ether oxygens (including phenoxy) is 3. The predicted molar refractivity (Wildman–Crippen MR) is 86.5 cm³/mol. The van der Waals surface area contributed by atoms with E-state index in [1.54, 1.807) is 24.1 Å². The third-order valence-corrected chi connectivity index (χ3v) is 3.76. The number of carbonyl (C=O) groups excluding carboxylic acids is 1. The first-order valence-electron chi connectivity index (χ1n) is 6.96. The van der Waals surface area contributed by atoms with E-state index in [0.29, 0.717) is 35.9 Å². The van der Waals surface area contributed by atoms with Crippen LogP contribution in [0.15, 0.2) is 12.1 Å². The molecule has 0 aliphatic carbocycles. The Balaban J connectivity index is 0.00000242. The van der Waals surface area contributed by atoms with E-state index in [4.69, 9.17) is 19.9 Å². The molecule has 0 bridgehead atoms. The second-order valence-corrected chi connectivity index (χ2v) is 5.01. The van der Waals surface area contributed by atoms with Crippen molar-refractivity contribution < 1.29 is 19.0 Å². The molecule has 0 aromatic heterocycles. The van der Waals surface area contributed by atoms with Gasteiger partial charge in [0.2, 0.25) is 5.75 Å². The van der Waals surface area contributed by atoms with Crippen molar-refractivity contribution in [2.45, 2.75) is 18.9 Å². The van der Waals surface area contributed by atoms with Gasteiger partial charge in [0.25, 0.3) is 5.91 Å². The van der Waals surface area contributed by atoms with Gasteiger partial charge in [0.15, 0.2) is 11.5 Å². The van der Waals surface area contributed by atoms with Crippen LogP contribution in [-0.2, 0) is 0 Å². The van der Waals surface area contributed by atoms with Gasteiger partial charge in [-0.15, -0.1) is 12.4 Å². The normalized spacial score (nSPS) is 15.0. The smallest absolute Gasteiger partial charge is 0.257 e. The summed E-state index contributed by atoms with van der Waals surface area (Å²) in [4.78, 5) is 14.5. The van der Waals surface area contributed by atoms with Crippen molar-refractivity contribution in [2.24, 2.45) is 5.73 Å². The summed E-state index contributed by atoms with van der Waals surface area (Å²) >= 11 is 0. The van der Waals surface area contributed by atoms with E-state index in [-0.39, 0.29) is 24.4 Å². The molecule has 2 rings (SSSR count). The molecule has 1 aromatic rings. The number of halogens is 1. The molecule has 1 saturated heterocycles. The lowest BCUT2D eigenvalue weighted by molar-refractivity contribution is 0.0710. The van der Waals surface area contributed by atoms with E-state index in [1.165, 1.54) is 14.2 Å². The van der Waals surface area contributed by atoms with Crippen molar-refractivity contribution in [3.63, 3.8) is 0 Å². The highest BCUT2D eigenvalue weighted by Crippen LogP contribution is 2.40. The second kappa shape index (κ2) is 8.10. The Morgan fingerprint density at radius 1 is 1.09 bits per heavy atom. The third kappa shape index (κ3) is 3.56. The lowest BCUT2D eigenvalue weighted by Gasteiger charge is -2.30. The van der Waals surface area contributed by atoms with Crippen LogP contribution in [0.1, 0.15) is 23.2 Å². The van der Waals surface area contributed by atoms with Crippen LogP contribution in [0.3, 0.4) is 0 Å².